The zero-order chi connectivity index (χ0) is 7.11. The second-order valence-corrected chi connectivity index (χ2v) is 1.48. The Hall–Kier alpha value is -1.22. The summed E-state index contributed by atoms with van der Waals surface area (Å²) in [7, 11) is 0. The number of hydrogen-bond donors (Lipinski definition) is 1. The van der Waals surface area contributed by atoms with E-state index in [1.807, 2.05) is 0 Å². The van der Waals surface area contributed by atoms with Gasteiger partial charge in [0.15, 0.2) is 0 Å². The molecule has 0 rings (SSSR count). The summed E-state index contributed by atoms with van der Waals surface area (Å²) >= 11 is 0. The van der Waals surface area contributed by atoms with Crippen LogP contribution < -0.4 is 5.73 Å². The molecule has 0 radical (unpaired) electrons. The fourth-order valence-electron chi connectivity index (χ4n) is 0.316. The molecule has 0 aliphatic heterocycles. The molecule has 0 fully saturated rings. The molecule has 5 heteroatoms. The standard InChI is InChI=1S/C4H9N5/c1-4(5)7-2-3-8-9-6/h2-3H2,1H3,(H2,5,7). The lowest BCUT2D eigenvalue weighted by atomic mass is 10.6. The third kappa shape index (κ3) is 6.78. The topological polar surface area (TPSA) is 87.1 Å². The summed E-state index contributed by atoms with van der Waals surface area (Å²) in [6.45, 7) is 2.55. The zero-order valence-corrected chi connectivity index (χ0v) is 5.28. The van der Waals surface area contributed by atoms with Crippen LogP contribution in [0.5, 0.6) is 0 Å². The molecule has 0 saturated heterocycles. The highest BCUT2D eigenvalue weighted by molar-refractivity contribution is 5.77. The van der Waals surface area contributed by atoms with Crippen molar-refractivity contribution in [3.63, 3.8) is 0 Å². The van der Waals surface area contributed by atoms with Crippen LogP contribution in [0.25, 0.3) is 10.4 Å². The molecule has 9 heavy (non-hydrogen) atoms. The second kappa shape index (κ2) is 4.93. The van der Waals surface area contributed by atoms with Gasteiger partial charge in [-0.05, 0) is 12.5 Å². The maximum absolute atomic E-state index is 7.81. The Morgan fingerprint density at radius 2 is 2.33 bits per heavy atom. The maximum Gasteiger partial charge on any atom is 0.0905 e. The van der Waals surface area contributed by atoms with Gasteiger partial charge in [-0.2, -0.15) is 0 Å². The molecule has 0 amide bonds. The lowest BCUT2D eigenvalue weighted by Gasteiger charge is -1.86. The van der Waals surface area contributed by atoms with E-state index >= 15 is 0 Å². The average molecular weight is 127 g/mol. The Labute approximate surface area is 53.2 Å². The van der Waals surface area contributed by atoms with Gasteiger partial charge in [0.2, 0.25) is 0 Å². The van der Waals surface area contributed by atoms with Crippen molar-refractivity contribution in [3.05, 3.63) is 10.4 Å². The van der Waals surface area contributed by atoms with Crippen molar-refractivity contribution >= 4 is 5.84 Å². The van der Waals surface area contributed by atoms with Gasteiger partial charge >= 0.3 is 0 Å². The smallest absolute Gasteiger partial charge is 0.0905 e. The van der Waals surface area contributed by atoms with E-state index in [0.29, 0.717) is 18.9 Å². The molecule has 0 unspecified atom stereocenters. The number of nitrogens with zero attached hydrogens (tertiary/aromatic N) is 4. The van der Waals surface area contributed by atoms with Gasteiger partial charge in [-0.15, -0.1) is 0 Å². The Balaban J connectivity index is 3.30. The van der Waals surface area contributed by atoms with Crippen LogP contribution in [0.1, 0.15) is 6.92 Å². The normalized spacial score (nSPS) is 10.6. The van der Waals surface area contributed by atoms with E-state index in [1.54, 1.807) is 6.92 Å². The van der Waals surface area contributed by atoms with Gasteiger partial charge in [-0.3, -0.25) is 4.99 Å². The third-order valence-electron chi connectivity index (χ3n) is 0.624. The number of hydrogen-bond acceptors (Lipinski definition) is 2. The Morgan fingerprint density at radius 1 is 1.67 bits per heavy atom. The molecule has 5 nitrogen and oxygen atoms in total. The molecule has 0 aliphatic rings. The first-order chi connectivity index (χ1) is 4.27. The van der Waals surface area contributed by atoms with E-state index < -0.39 is 0 Å². The SMILES string of the molecule is CC(N)=NCCN=[N+]=[N-]. The average Bonchev–Trinajstić information content (AvgIpc) is 1.80. The molecule has 0 spiro atoms. The number of nitrogens with two attached hydrogens (primary N) is 1. The molecule has 0 aliphatic carbocycles. The Bertz CT molecular complexity index is 139. The van der Waals surface area contributed by atoms with Crippen molar-refractivity contribution in [2.24, 2.45) is 15.8 Å². The summed E-state index contributed by atoms with van der Waals surface area (Å²) in [5.41, 5.74) is 13.0. The van der Waals surface area contributed by atoms with Crippen molar-refractivity contribution in [3.8, 4) is 0 Å². The van der Waals surface area contributed by atoms with Crippen LogP contribution in [0.2, 0.25) is 0 Å². The van der Waals surface area contributed by atoms with Crippen LogP contribution in [0, 0.1) is 0 Å². The largest absolute Gasteiger partial charge is 0.388 e. The summed E-state index contributed by atoms with van der Waals surface area (Å²) in [6, 6.07) is 0. The monoisotopic (exact) mass is 127 g/mol. The first kappa shape index (κ1) is 7.78. The molecule has 2 N–H and O–H groups in total. The van der Waals surface area contributed by atoms with E-state index in [1.165, 1.54) is 0 Å². The van der Waals surface area contributed by atoms with Gasteiger partial charge in [0.05, 0.1) is 5.84 Å². The van der Waals surface area contributed by atoms with Crippen LogP contribution in [-0.2, 0) is 0 Å². The number of rotatable bonds is 3. The molecule has 0 aromatic heterocycles. The van der Waals surface area contributed by atoms with Crippen LogP contribution >= 0.6 is 0 Å². The Morgan fingerprint density at radius 3 is 2.78 bits per heavy atom. The highest BCUT2D eigenvalue weighted by Gasteiger charge is 1.77. The summed E-state index contributed by atoms with van der Waals surface area (Å²) < 4.78 is 0. The van der Waals surface area contributed by atoms with Crippen LogP contribution in [0.3, 0.4) is 0 Å². The summed E-state index contributed by atoms with van der Waals surface area (Å²) in [5, 5.41) is 3.26. The van der Waals surface area contributed by atoms with Crippen molar-refractivity contribution in [1.82, 2.24) is 0 Å². The number of aliphatic imine (C=N–C) groups is 1. The zero-order valence-electron chi connectivity index (χ0n) is 5.28. The number of amidine groups is 1. The molecule has 50 valence electrons. The highest BCUT2D eigenvalue weighted by atomic mass is 15.1. The number of azide groups is 1. The quantitative estimate of drug-likeness (QED) is 0.148. The van der Waals surface area contributed by atoms with E-state index in [0.717, 1.165) is 0 Å². The van der Waals surface area contributed by atoms with Crippen molar-refractivity contribution in [2.75, 3.05) is 13.1 Å². The summed E-state index contributed by atoms with van der Waals surface area (Å²) in [5.74, 6) is 0.517. The van der Waals surface area contributed by atoms with Gasteiger partial charge in [0.25, 0.3) is 0 Å². The van der Waals surface area contributed by atoms with Crippen molar-refractivity contribution in [2.45, 2.75) is 6.92 Å². The van der Waals surface area contributed by atoms with Crippen molar-refractivity contribution < 1.29 is 0 Å². The molecule has 0 aromatic rings. The van der Waals surface area contributed by atoms with Gasteiger partial charge in [-0.25, -0.2) is 0 Å². The molecular formula is C4H9N5. The fraction of sp³-hybridized carbons (Fsp3) is 0.750. The lowest BCUT2D eigenvalue weighted by Crippen LogP contribution is -2.06. The predicted molar refractivity (Wildman–Crippen MR) is 36.2 cm³/mol. The predicted octanol–water partition coefficient (Wildman–Crippen LogP) is 0.674. The van der Waals surface area contributed by atoms with E-state index in [9.17, 15) is 0 Å². The van der Waals surface area contributed by atoms with Crippen LogP contribution in [0.15, 0.2) is 10.1 Å². The summed E-state index contributed by atoms with van der Waals surface area (Å²) in [4.78, 5) is 6.34. The molecule has 0 atom stereocenters. The first-order valence-corrected chi connectivity index (χ1v) is 2.54. The molecule has 0 aromatic carbocycles. The first-order valence-electron chi connectivity index (χ1n) is 2.54. The molecule has 0 saturated carbocycles. The minimum Gasteiger partial charge on any atom is -0.388 e. The van der Waals surface area contributed by atoms with Crippen LogP contribution in [-0.4, -0.2) is 18.9 Å². The summed E-state index contributed by atoms with van der Waals surface area (Å²) in [6.07, 6.45) is 0. The lowest BCUT2D eigenvalue weighted by molar-refractivity contribution is 0.960. The van der Waals surface area contributed by atoms with Crippen molar-refractivity contribution in [1.29, 1.82) is 0 Å². The van der Waals surface area contributed by atoms with Gasteiger partial charge in [-0.1, -0.05) is 5.11 Å². The minimum atomic E-state index is 0.380. The Kier molecular flexibility index (Phi) is 4.26. The molecular weight excluding hydrogens is 118 g/mol. The maximum atomic E-state index is 7.81. The van der Waals surface area contributed by atoms with E-state index in [-0.39, 0.29) is 0 Å². The van der Waals surface area contributed by atoms with Crippen LogP contribution in [0.4, 0.5) is 0 Å². The van der Waals surface area contributed by atoms with Gasteiger partial charge in [0.1, 0.15) is 0 Å². The second-order valence-electron chi connectivity index (χ2n) is 1.48. The van der Waals surface area contributed by atoms with Gasteiger partial charge in [0, 0.05) is 18.0 Å². The molecule has 0 heterocycles. The third-order valence-corrected chi connectivity index (χ3v) is 0.624. The van der Waals surface area contributed by atoms with E-state index in [2.05, 4.69) is 15.0 Å². The molecule has 0 bridgehead atoms. The highest BCUT2D eigenvalue weighted by Crippen LogP contribution is 1.73. The van der Waals surface area contributed by atoms with E-state index in [4.69, 9.17) is 11.3 Å². The fourth-order valence-corrected chi connectivity index (χ4v) is 0.316. The van der Waals surface area contributed by atoms with Gasteiger partial charge < -0.3 is 5.73 Å². The minimum absolute atomic E-state index is 0.380.